The van der Waals surface area contributed by atoms with Crippen molar-refractivity contribution in [2.45, 2.75) is 33.2 Å². The number of hydrogen-bond donors (Lipinski definition) is 1. The second-order valence-electron chi connectivity index (χ2n) is 5.81. The van der Waals surface area contributed by atoms with Gasteiger partial charge >= 0.3 is 0 Å². The number of piperidine rings is 1. The summed E-state index contributed by atoms with van der Waals surface area (Å²) >= 11 is 0. The van der Waals surface area contributed by atoms with Crippen molar-refractivity contribution in [3.8, 4) is 0 Å². The molecule has 1 fully saturated rings. The average Bonchev–Trinajstić information content (AvgIpc) is 2.93. The lowest BCUT2D eigenvalue weighted by Gasteiger charge is -2.22. The van der Waals surface area contributed by atoms with E-state index in [-0.39, 0.29) is 5.91 Å². The van der Waals surface area contributed by atoms with Crippen LogP contribution in [0, 0.1) is 5.92 Å². The molecular formula is C15H25N5O. The summed E-state index contributed by atoms with van der Waals surface area (Å²) in [5.41, 5.74) is 1.38. The van der Waals surface area contributed by atoms with Gasteiger partial charge in [-0.3, -0.25) is 9.48 Å². The molecule has 116 valence electrons. The quantitative estimate of drug-likeness (QED) is 0.803. The normalized spacial score (nSPS) is 18.5. The predicted molar refractivity (Wildman–Crippen MR) is 82.0 cm³/mol. The van der Waals surface area contributed by atoms with Crippen LogP contribution in [0.4, 0.5) is 0 Å². The van der Waals surface area contributed by atoms with Crippen LogP contribution >= 0.6 is 0 Å². The van der Waals surface area contributed by atoms with Crippen molar-refractivity contribution < 1.29 is 4.79 Å². The zero-order valence-corrected chi connectivity index (χ0v) is 13.0. The number of carbonyl (C=O) groups excluding carboxylic acids is 1. The molecule has 0 unspecified atom stereocenters. The van der Waals surface area contributed by atoms with Crippen molar-refractivity contribution in [1.29, 1.82) is 0 Å². The lowest BCUT2D eigenvalue weighted by molar-refractivity contribution is 0.0772. The Morgan fingerprint density at radius 2 is 2.43 bits per heavy atom. The predicted octanol–water partition coefficient (Wildman–Crippen LogP) is 1.32. The molecule has 21 heavy (non-hydrogen) atoms. The van der Waals surface area contributed by atoms with Gasteiger partial charge in [0.1, 0.15) is 0 Å². The largest absolute Gasteiger partial charge is 0.334 e. The van der Waals surface area contributed by atoms with Gasteiger partial charge in [-0.2, -0.15) is 0 Å². The molecular weight excluding hydrogens is 266 g/mol. The monoisotopic (exact) mass is 291 g/mol. The van der Waals surface area contributed by atoms with Gasteiger partial charge in [0, 0.05) is 19.6 Å². The lowest BCUT2D eigenvalue weighted by atomic mass is 10.00. The maximum absolute atomic E-state index is 12.4. The van der Waals surface area contributed by atoms with E-state index in [1.54, 1.807) is 15.8 Å². The lowest BCUT2D eigenvalue weighted by Crippen LogP contribution is -2.32. The summed E-state index contributed by atoms with van der Waals surface area (Å²) in [7, 11) is 0. The van der Waals surface area contributed by atoms with E-state index in [2.05, 4.69) is 22.2 Å². The van der Waals surface area contributed by atoms with Crippen molar-refractivity contribution in [1.82, 2.24) is 25.2 Å². The minimum absolute atomic E-state index is 0.0754. The van der Waals surface area contributed by atoms with E-state index in [0.717, 1.165) is 25.2 Å². The summed E-state index contributed by atoms with van der Waals surface area (Å²) in [6.45, 7) is 11.9. The first-order valence-electron chi connectivity index (χ1n) is 7.64. The number of amides is 1. The standard InChI is InChI=1S/C15H25N5O/c1-4-19(9-12(2)3)15(21)14-11-20(18-17-14)10-13-6-5-7-16-8-13/h11,13,16H,2,4-10H2,1,3H3/t13-/m1/s1. The first-order chi connectivity index (χ1) is 10.1. The van der Waals surface area contributed by atoms with Crippen LogP contribution in [-0.4, -0.2) is 52.0 Å². The van der Waals surface area contributed by atoms with Gasteiger partial charge < -0.3 is 10.2 Å². The molecule has 1 aliphatic rings. The zero-order chi connectivity index (χ0) is 15.2. The zero-order valence-electron chi connectivity index (χ0n) is 13.0. The van der Waals surface area contributed by atoms with Crippen molar-refractivity contribution in [3.05, 3.63) is 24.0 Å². The molecule has 2 heterocycles. The Morgan fingerprint density at radius 1 is 1.62 bits per heavy atom. The van der Waals surface area contributed by atoms with Crippen LogP contribution in [0.2, 0.25) is 0 Å². The van der Waals surface area contributed by atoms with Crippen LogP contribution in [0.3, 0.4) is 0 Å². The first kappa shape index (κ1) is 15.7. The summed E-state index contributed by atoms with van der Waals surface area (Å²) in [5, 5.41) is 11.5. The highest BCUT2D eigenvalue weighted by atomic mass is 16.2. The highest BCUT2D eigenvalue weighted by Gasteiger charge is 2.19. The van der Waals surface area contributed by atoms with Gasteiger partial charge in [-0.25, -0.2) is 0 Å². The maximum atomic E-state index is 12.4. The van der Waals surface area contributed by atoms with Crippen molar-refractivity contribution in [2.24, 2.45) is 5.92 Å². The molecule has 1 saturated heterocycles. The molecule has 1 amide bonds. The summed E-state index contributed by atoms with van der Waals surface area (Å²) in [5.74, 6) is 0.495. The maximum Gasteiger partial charge on any atom is 0.276 e. The Balaban J connectivity index is 1.97. The van der Waals surface area contributed by atoms with Gasteiger partial charge in [-0.1, -0.05) is 17.4 Å². The fraction of sp³-hybridized carbons (Fsp3) is 0.667. The van der Waals surface area contributed by atoms with Crippen LogP contribution < -0.4 is 5.32 Å². The van der Waals surface area contributed by atoms with E-state index >= 15 is 0 Å². The molecule has 1 atom stereocenters. The molecule has 1 aromatic heterocycles. The highest BCUT2D eigenvalue weighted by molar-refractivity contribution is 5.92. The number of aromatic nitrogens is 3. The average molecular weight is 291 g/mol. The van der Waals surface area contributed by atoms with E-state index in [4.69, 9.17) is 0 Å². The molecule has 1 aromatic rings. The summed E-state index contributed by atoms with van der Waals surface area (Å²) in [6, 6.07) is 0. The van der Waals surface area contributed by atoms with E-state index in [1.807, 2.05) is 13.8 Å². The molecule has 0 aliphatic carbocycles. The number of nitrogens with zero attached hydrogens (tertiary/aromatic N) is 4. The van der Waals surface area contributed by atoms with Crippen molar-refractivity contribution in [2.75, 3.05) is 26.2 Å². The fourth-order valence-corrected chi connectivity index (χ4v) is 2.65. The SMILES string of the molecule is C=C(C)CN(CC)C(=O)c1cn(C[C@@H]2CCCNC2)nn1. The number of likely N-dealkylation sites (N-methyl/N-ethyl adjacent to an activating group) is 1. The minimum Gasteiger partial charge on any atom is -0.334 e. The number of hydrogen-bond acceptors (Lipinski definition) is 4. The Bertz CT molecular complexity index is 490. The molecule has 1 N–H and O–H groups in total. The molecule has 6 heteroatoms. The summed E-state index contributed by atoms with van der Waals surface area (Å²) < 4.78 is 1.79. The van der Waals surface area contributed by atoms with Crippen LogP contribution in [0.25, 0.3) is 0 Å². The molecule has 0 bridgehead atoms. The Hall–Kier alpha value is -1.69. The van der Waals surface area contributed by atoms with Crippen molar-refractivity contribution >= 4 is 5.91 Å². The highest BCUT2D eigenvalue weighted by Crippen LogP contribution is 2.12. The number of rotatable bonds is 6. The minimum atomic E-state index is -0.0754. The molecule has 0 aromatic carbocycles. The third-order valence-electron chi connectivity index (χ3n) is 3.73. The van der Waals surface area contributed by atoms with E-state index in [1.165, 1.54) is 12.8 Å². The van der Waals surface area contributed by atoms with Crippen LogP contribution in [0.5, 0.6) is 0 Å². The number of carbonyl (C=O) groups is 1. The van der Waals surface area contributed by atoms with Crippen LogP contribution in [0.15, 0.2) is 18.3 Å². The van der Waals surface area contributed by atoms with Gasteiger partial charge in [0.25, 0.3) is 5.91 Å². The second kappa shape index (κ2) is 7.36. The smallest absolute Gasteiger partial charge is 0.276 e. The van der Waals surface area contributed by atoms with Gasteiger partial charge in [0.15, 0.2) is 5.69 Å². The fourth-order valence-electron chi connectivity index (χ4n) is 2.65. The molecule has 0 radical (unpaired) electrons. The van der Waals surface area contributed by atoms with Crippen LogP contribution in [-0.2, 0) is 6.54 Å². The van der Waals surface area contributed by atoms with Crippen molar-refractivity contribution in [3.63, 3.8) is 0 Å². The summed E-state index contributed by atoms with van der Waals surface area (Å²) in [6.07, 6.45) is 4.16. The Morgan fingerprint density at radius 3 is 3.05 bits per heavy atom. The van der Waals surface area contributed by atoms with Gasteiger partial charge in [0.2, 0.25) is 0 Å². The molecule has 0 spiro atoms. The number of nitrogens with one attached hydrogen (secondary N) is 1. The molecule has 6 nitrogen and oxygen atoms in total. The topological polar surface area (TPSA) is 63.1 Å². The van der Waals surface area contributed by atoms with Gasteiger partial charge in [-0.05, 0) is 45.7 Å². The molecule has 2 rings (SSSR count). The van der Waals surface area contributed by atoms with Gasteiger partial charge in [0.05, 0.1) is 6.20 Å². The second-order valence-corrected chi connectivity index (χ2v) is 5.81. The Kier molecular flexibility index (Phi) is 5.50. The van der Waals surface area contributed by atoms with Crippen LogP contribution in [0.1, 0.15) is 37.2 Å². The van der Waals surface area contributed by atoms with Gasteiger partial charge in [-0.15, -0.1) is 5.10 Å². The third kappa shape index (κ3) is 4.39. The van der Waals surface area contributed by atoms with E-state index in [9.17, 15) is 4.79 Å². The molecule has 1 aliphatic heterocycles. The van der Waals surface area contributed by atoms with E-state index in [0.29, 0.717) is 24.7 Å². The molecule has 0 saturated carbocycles. The third-order valence-corrected chi connectivity index (χ3v) is 3.73. The van der Waals surface area contributed by atoms with E-state index < -0.39 is 0 Å². The first-order valence-corrected chi connectivity index (χ1v) is 7.64. The Labute approximate surface area is 126 Å². The summed E-state index contributed by atoms with van der Waals surface area (Å²) in [4.78, 5) is 14.1.